The van der Waals surface area contributed by atoms with Gasteiger partial charge in [-0.05, 0) is 12.1 Å². The second-order valence-electron chi connectivity index (χ2n) is 2.99. The molecule has 0 aromatic carbocycles. The van der Waals surface area contributed by atoms with Gasteiger partial charge < -0.3 is 9.62 Å². The zero-order chi connectivity index (χ0) is 12.2. The van der Waals surface area contributed by atoms with Gasteiger partial charge in [0.1, 0.15) is 12.0 Å². The number of furan rings is 1. The van der Waals surface area contributed by atoms with E-state index in [0.717, 1.165) is 6.21 Å². The molecule has 0 amide bonds. The minimum atomic E-state index is -3.58. The van der Waals surface area contributed by atoms with E-state index in [9.17, 15) is 8.42 Å². The van der Waals surface area contributed by atoms with Gasteiger partial charge in [0, 0.05) is 13.1 Å². The largest absolute Gasteiger partial charge is 0.442 e. The van der Waals surface area contributed by atoms with Crippen molar-refractivity contribution in [3.63, 3.8) is 0 Å². The Morgan fingerprint density at radius 3 is 2.56 bits per heavy atom. The van der Waals surface area contributed by atoms with Crippen LogP contribution in [0.1, 0.15) is 19.6 Å². The van der Waals surface area contributed by atoms with Gasteiger partial charge in [-0.1, -0.05) is 19.0 Å². The van der Waals surface area contributed by atoms with Crippen LogP contribution in [-0.2, 0) is 10.0 Å². The van der Waals surface area contributed by atoms with Crippen molar-refractivity contribution in [2.75, 3.05) is 13.1 Å². The lowest BCUT2D eigenvalue weighted by Gasteiger charge is -2.15. The van der Waals surface area contributed by atoms with Gasteiger partial charge in [-0.15, -0.1) is 0 Å². The molecule has 16 heavy (non-hydrogen) atoms. The van der Waals surface area contributed by atoms with E-state index in [1.165, 1.54) is 16.4 Å². The molecule has 0 aliphatic carbocycles. The van der Waals surface area contributed by atoms with Crippen LogP contribution in [0.25, 0.3) is 0 Å². The highest BCUT2D eigenvalue weighted by Crippen LogP contribution is 2.17. The molecule has 0 radical (unpaired) electrons. The van der Waals surface area contributed by atoms with Gasteiger partial charge in [0.25, 0.3) is 10.0 Å². The summed E-state index contributed by atoms with van der Waals surface area (Å²) in [7, 11) is -3.58. The minimum absolute atomic E-state index is 0.147. The van der Waals surface area contributed by atoms with Crippen LogP contribution in [0.2, 0.25) is 0 Å². The Bertz CT molecular complexity index is 460. The van der Waals surface area contributed by atoms with E-state index in [1.807, 2.05) is 0 Å². The Balaban J connectivity index is 3.07. The highest BCUT2D eigenvalue weighted by molar-refractivity contribution is 7.89. The lowest BCUT2D eigenvalue weighted by atomic mass is 10.5. The van der Waals surface area contributed by atoms with Crippen LogP contribution < -0.4 is 0 Å². The first kappa shape index (κ1) is 12.7. The van der Waals surface area contributed by atoms with Crippen molar-refractivity contribution < 1.29 is 18.0 Å². The Morgan fingerprint density at radius 2 is 2.06 bits per heavy atom. The van der Waals surface area contributed by atoms with Crippen LogP contribution in [0.15, 0.2) is 26.8 Å². The van der Waals surface area contributed by atoms with E-state index < -0.39 is 10.0 Å². The maximum atomic E-state index is 11.9. The zero-order valence-corrected chi connectivity index (χ0v) is 9.94. The van der Waals surface area contributed by atoms with Gasteiger partial charge in [-0.3, -0.25) is 0 Å². The summed E-state index contributed by atoms with van der Waals surface area (Å²) in [5.74, 6) is 0.188. The summed E-state index contributed by atoms with van der Waals surface area (Å²) in [6.45, 7) is 4.26. The summed E-state index contributed by atoms with van der Waals surface area (Å²) in [4.78, 5) is 0. The monoisotopic (exact) mass is 246 g/mol. The second kappa shape index (κ2) is 5.13. The molecule has 6 nitrogen and oxygen atoms in total. The molecular formula is C9H14N2O4S. The normalized spacial score (nSPS) is 12.7. The molecule has 0 saturated heterocycles. The number of sulfonamides is 1. The van der Waals surface area contributed by atoms with Gasteiger partial charge in [0.15, 0.2) is 0 Å². The molecule has 1 rings (SSSR count). The van der Waals surface area contributed by atoms with Crippen LogP contribution in [-0.4, -0.2) is 37.2 Å². The molecule has 0 bridgehead atoms. The Hall–Kier alpha value is -1.34. The average molecular weight is 246 g/mol. The van der Waals surface area contributed by atoms with Crippen LogP contribution in [0.3, 0.4) is 0 Å². The first-order valence-electron chi connectivity index (χ1n) is 4.83. The fourth-order valence-corrected chi connectivity index (χ4v) is 2.67. The van der Waals surface area contributed by atoms with Gasteiger partial charge in [0.05, 0.1) is 0 Å². The van der Waals surface area contributed by atoms with Gasteiger partial charge >= 0.3 is 0 Å². The van der Waals surface area contributed by atoms with Crippen molar-refractivity contribution in [2.45, 2.75) is 18.9 Å². The second-order valence-corrected chi connectivity index (χ2v) is 4.86. The van der Waals surface area contributed by atoms with Crippen LogP contribution in [0, 0.1) is 0 Å². The number of rotatable bonds is 5. The molecule has 1 N–H and O–H groups in total. The first-order chi connectivity index (χ1) is 7.56. The number of nitrogens with zero attached hydrogens (tertiary/aromatic N) is 2. The molecule has 1 aromatic heterocycles. The molecule has 90 valence electrons. The third-order valence-electron chi connectivity index (χ3n) is 2.09. The predicted molar refractivity (Wildman–Crippen MR) is 58.2 cm³/mol. The fraction of sp³-hybridized carbons (Fsp3) is 0.444. The Morgan fingerprint density at radius 1 is 1.44 bits per heavy atom. The SMILES string of the molecule is CCN(CC)S(=O)(=O)c1ccc(C=NO)o1. The summed E-state index contributed by atoms with van der Waals surface area (Å²) < 4.78 is 30.2. The van der Waals surface area contributed by atoms with E-state index in [1.54, 1.807) is 13.8 Å². The first-order valence-corrected chi connectivity index (χ1v) is 6.27. The van der Waals surface area contributed by atoms with E-state index >= 15 is 0 Å². The number of hydrogen-bond donors (Lipinski definition) is 1. The minimum Gasteiger partial charge on any atom is -0.442 e. The predicted octanol–water partition coefficient (Wildman–Crippen LogP) is 1.12. The van der Waals surface area contributed by atoms with Crippen molar-refractivity contribution in [3.05, 3.63) is 17.9 Å². The van der Waals surface area contributed by atoms with Gasteiger partial charge in [0.2, 0.25) is 5.09 Å². The molecule has 0 aliphatic heterocycles. The molecule has 0 fully saturated rings. The number of oxime groups is 1. The van der Waals surface area contributed by atoms with Crippen LogP contribution >= 0.6 is 0 Å². The summed E-state index contributed by atoms with van der Waals surface area (Å²) in [6, 6.07) is 2.76. The van der Waals surface area contributed by atoms with Crippen LogP contribution in [0.5, 0.6) is 0 Å². The molecule has 0 aliphatic rings. The number of hydrogen-bond acceptors (Lipinski definition) is 5. The van der Waals surface area contributed by atoms with Gasteiger partial charge in [-0.25, -0.2) is 8.42 Å². The molecule has 1 heterocycles. The fourth-order valence-electron chi connectivity index (χ4n) is 1.29. The van der Waals surface area contributed by atoms with E-state index in [4.69, 9.17) is 9.62 Å². The molecule has 1 aromatic rings. The maximum Gasteiger partial charge on any atom is 0.276 e. The third kappa shape index (κ3) is 2.42. The molecule has 0 saturated carbocycles. The van der Waals surface area contributed by atoms with Crippen molar-refractivity contribution in [3.8, 4) is 0 Å². The smallest absolute Gasteiger partial charge is 0.276 e. The topological polar surface area (TPSA) is 83.1 Å². The standard InChI is InChI=1S/C9H14N2O4S/c1-3-11(4-2)16(13,14)9-6-5-8(15-9)7-10-12/h5-7,12H,3-4H2,1-2H3. The maximum absolute atomic E-state index is 11.9. The van der Waals surface area contributed by atoms with Crippen molar-refractivity contribution in [1.82, 2.24) is 4.31 Å². The molecular weight excluding hydrogens is 232 g/mol. The van der Waals surface area contributed by atoms with Crippen molar-refractivity contribution >= 4 is 16.2 Å². The third-order valence-corrected chi connectivity index (χ3v) is 4.01. The summed E-state index contributed by atoms with van der Waals surface area (Å²) in [6.07, 6.45) is 1.03. The summed E-state index contributed by atoms with van der Waals surface area (Å²) >= 11 is 0. The molecule has 0 spiro atoms. The zero-order valence-electron chi connectivity index (χ0n) is 9.12. The van der Waals surface area contributed by atoms with E-state index in [2.05, 4.69) is 5.16 Å². The highest BCUT2D eigenvalue weighted by Gasteiger charge is 2.24. The van der Waals surface area contributed by atoms with Crippen molar-refractivity contribution in [1.29, 1.82) is 0 Å². The van der Waals surface area contributed by atoms with E-state index in [0.29, 0.717) is 13.1 Å². The molecule has 0 atom stereocenters. The highest BCUT2D eigenvalue weighted by atomic mass is 32.2. The molecule has 7 heteroatoms. The average Bonchev–Trinajstić information content (AvgIpc) is 2.69. The van der Waals surface area contributed by atoms with Crippen LogP contribution in [0.4, 0.5) is 0 Å². The molecule has 0 unspecified atom stereocenters. The quantitative estimate of drug-likeness (QED) is 0.479. The Kier molecular flexibility index (Phi) is 4.08. The van der Waals surface area contributed by atoms with Gasteiger partial charge in [-0.2, -0.15) is 4.31 Å². The summed E-state index contributed by atoms with van der Waals surface area (Å²) in [5.41, 5.74) is 0. The van der Waals surface area contributed by atoms with E-state index in [-0.39, 0.29) is 10.9 Å². The van der Waals surface area contributed by atoms with Crippen molar-refractivity contribution in [2.24, 2.45) is 5.16 Å². The lowest BCUT2D eigenvalue weighted by Crippen LogP contribution is -2.30. The lowest BCUT2D eigenvalue weighted by molar-refractivity contribution is 0.319. The summed E-state index contributed by atoms with van der Waals surface area (Å²) in [5, 5.41) is 10.9. The Labute approximate surface area is 94.2 Å².